The topological polar surface area (TPSA) is 0 Å². The molecule has 0 saturated carbocycles. The molecule has 1 unspecified atom stereocenters. The number of allylic oxidation sites excluding steroid dienone is 4. The molecule has 0 radical (unpaired) electrons. The van der Waals surface area contributed by atoms with Crippen LogP contribution in [0.1, 0.15) is 34.1 Å². The van der Waals surface area contributed by atoms with E-state index in [1.54, 1.807) is 33.6 Å². The van der Waals surface area contributed by atoms with Gasteiger partial charge in [-0.3, -0.25) is 0 Å². The molecule has 0 aromatic rings. The van der Waals surface area contributed by atoms with Crippen molar-refractivity contribution in [2.75, 3.05) is 0 Å². The fraction of sp³-hybridized carbons (Fsp3) is 0.636. The Morgan fingerprint density at radius 3 is 2.42 bits per heavy atom. The summed E-state index contributed by atoms with van der Waals surface area (Å²) in [5, 5.41) is 0. The van der Waals surface area contributed by atoms with Crippen molar-refractivity contribution in [3.05, 3.63) is 21.0 Å². The van der Waals surface area contributed by atoms with Gasteiger partial charge in [0, 0.05) is 0 Å². The third-order valence-electron chi connectivity index (χ3n) is 2.90. The van der Waals surface area contributed by atoms with E-state index in [9.17, 15) is 0 Å². The summed E-state index contributed by atoms with van der Waals surface area (Å²) in [5.41, 5.74) is 1.93. The van der Waals surface area contributed by atoms with Crippen molar-refractivity contribution in [3.8, 4) is 0 Å². The molecular weight excluding hydrogens is 135 g/mol. The molecule has 12 heavy (non-hydrogen) atoms. The van der Waals surface area contributed by atoms with Crippen LogP contribution in [0, 0.1) is 11.3 Å². The van der Waals surface area contributed by atoms with Crippen LogP contribution in [0.5, 0.6) is 0 Å². The van der Waals surface area contributed by atoms with E-state index < -0.39 is 0 Å². The Kier molecular flexibility index (Phi) is 3.15. The summed E-state index contributed by atoms with van der Waals surface area (Å²) in [7, 11) is 0. The molecule has 0 aliphatic heterocycles. The van der Waals surface area contributed by atoms with E-state index in [2.05, 4.69) is 39.8 Å². The molecule has 1 aliphatic rings. The zero-order valence-electron chi connectivity index (χ0n) is 8.44. The van der Waals surface area contributed by atoms with Gasteiger partial charge in [-0.05, 0) is 0 Å². The van der Waals surface area contributed by atoms with Crippen molar-refractivity contribution in [3.63, 3.8) is 0 Å². The third kappa shape index (κ3) is 1.99. The molecule has 0 N–H and O–H groups in total. The molecule has 1 rings (SSSR count). The van der Waals surface area contributed by atoms with Crippen molar-refractivity contribution in [1.29, 1.82) is 0 Å². The van der Waals surface area contributed by atoms with Gasteiger partial charge >= 0.3 is 91.2 Å². The summed E-state index contributed by atoms with van der Waals surface area (Å²) in [6.07, 6.45) is 6.05. The first-order valence-corrected chi connectivity index (χ1v) is 5.86. The van der Waals surface area contributed by atoms with Crippen molar-refractivity contribution in [2.24, 2.45) is 11.3 Å². The zero-order valence-corrected chi connectivity index (χ0v) is 10.9. The van der Waals surface area contributed by atoms with E-state index in [0.29, 0.717) is 11.3 Å². The molecule has 1 atom stereocenters. The van der Waals surface area contributed by atoms with Gasteiger partial charge in [-0.1, -0.05) is 0 Å². The Balaban J connectivity index is 2.86. The standard InChI is InChI=1S/C11H17.Zr/c1-5-11(3,4)10-7-6-9(2)8-10;/h7-9H,5H2,1-4H3;/i;1-88. The van der Waals surface area contributed by atoms with E-state index in [4.69, 9.17) is 0 Å². The molecule has 1 aliphatic carbocycles. The quantitative estimate of drug-likeness (QED) is 0.568. The van der Waals surface area contributed by atoms with Crippen LogP contribution in [0.15, 0.2) is 21.0 Å². The van der Waals surface area contributed by atoms with Gasteiger partial charge in [0.2, 0.25) is 0 Å². The maximum absolute atomic E-state index is 2.42. The van der Waals surface area contributed by atoms with Crippen LogP contribution in [0.4, 0.5) is 0 Å². The van der Waals surface area contributed by atoms with Gasteiger partial charge in [-0.15, -0.1) is 0 Å². The summed E-state index contributed by atoms with van der Waals surface area (Å²) < 4.78 is 1.60. The summed E-state index contributed by atoms with van der Waals surface area (Å²) in [5.74, 6) is 0.698. The maximum atomic E-state index is 2.42. The zero-order chi connectivity index (χ0) is 9.35. The molecular formula is C11H17Zr. The third-order valence-corrected chi connectivity index (χ3v) is 4.37. The average Bonchev–Trinajstić information content (AvgIpc) is 2.33. The first kappa shape index (κ1) is 10.4. The second-order valence-electron chi connectivity index (χ2n) is 4.25. The molecule has 0 amide bonds. The van der Waals surface area contributed by atoms with Gasteiger partial charge in [-0.2, -0.15) is 0 Å². The van der Waals surface area contributed by atoms with Crippen molar-refractivity contribution in [2.45, 2.75) is 34.1 Å². The summed E-state index contributed by atoms with van der Waals surface area (Å²) in [6, 6.07) is 0. The Bertz CT molecular complexity index is 233. The van der Waals surface area contributed by atoms with E-state index in [0.717, 1.165) is 0 Å². The molecule has 0 saturated heterocycles. The second kappa shape index (κ2) is 3.62. The van der Waals surface area contributed by atoms with Crippen LogP contribution in [0.2, 0.25) is 0 Å². The fourth-order valence-corrected chi connectivity index (χ4v) is 1.92. The Labute approximate surface area is 91.0 Å². The van der Waals surface area contributed by atoms with E-state index in [1.807, 2.05) is 0 Å². The van der Waals surface area contributed by atoms with Crippen LogP contribution in [0.25, 0.3) is 0 Å². The van der Waals surface area contributed by atoms with Crippen molar-refractivity contribution in [1.82, 2.24) is 0 Å². The van der Waals surface area contributed by atoms with Gasteiger partial charge in [0.1, 0.15) is 0 Å². The molecule has 0 bridgehead atoms. The summed E-state index contributed by atoms with van der Waals surface area (Å²) >= 11 is 1.57. The monoisotopic (exact) mass is 152 g/mol. The molecule has 0 aromatic heterocycles. The minimum atomic E-state index is 0.381. The first-order chi connectivity index (χ1) is 5.47. The van der Waals surface area contributed by atoms with Gasteiger partial charge in [0.25, 0.3) is 0 Å². The average molecular weight is 152 g/mol. The van der Waals surface area contributed by atoms with Crippen LogP contribution in [-0.4, -0.2) is 0 Å². The summed E-state index contributed by atoms with van der Waals surface area (Å²) in [6.45, 7) is 9.22. The van der Waals surface area contributed by atoms with Gasteiger partial charge in [0.05, 0.1) is 0 Å². The molecule has 1 heteroatoms. The molecule has 0 aromatic carbocycles. The Hall–Kier alpha value is 0.363. The fourth-order valence-electron chi connectivity index (χ4n) is 1.33. The van der Waals surface area contributed by atoms with E-state index in [-0.39, 0.29) is 0 Å². The minimum absolute atomic E-state index is 0.381. The van der Waals surface area contributed by atoms with E-state index >= 15 is 0 Å². The van der Waals surface area contributed by atoms with Gasteiger partial charge in [-0.25, -0.2) is 0 Å². The molecule has 65 valence electrons. The first-order valence-electron chi connectivity index (χ1n) is 4.63. The molecule has 0 fully saturated rings. The predicted octanol–water partition coefficient (Wildman–Crippen LogP) is 3.43. The Morgan fingerprint density at radius 2 is 2.08 bits per heavy atom. The molecule has 0 spiro atoms. The van der Waals surface area contributed by atoms with Crippen molar-refractivity contribution < 1.29 is 24.7 Å². The van der Waals surface area contributed by atoms with E-state index in [1.165, 1.54) is 6.42 Å². The number of rotatable bonds is 2. The molecule has 0 nitrogen and oxygen atoms in total. The second-order valence-corrected chi connectivity index (χ2v) is 5.67. The Morgan fingerprint density at radius 1 is 1.50 bits per heavy atom. The van der Waals surface area contributed by atoms with Crippen LogP contribution in [-0.2, 0) is 24.7 Å². The number of hydrogen-bond acceptors (Lipinski definition) is 0. The SMILES string of the molecule is CCC(C)(C)C1=CC(C)[C]([3Zr])=C1. The number of hydrogen-bond donors (Lipinski definition) is 0. The summed E-state index contributed by atoms with van der Waals surface area (Å²) in [4.78, 5) is 0. The van der Waals surface area contributed by atoms with Gasteiger partial charge in [0.15, 0.2) is 0 Å². The van der Waals surface area contributed by atoms with Crippen LogP contribution >= 0.6 is 0 Å². The van der Waals surface area contributed by atoms with Crippen molar-refractivity contribution >= 4 is 0 Å². The van der Waals surface area contributed by atoms with Gasteiger partial charge < -0.3 is 0 Å². The normalized spacial score (nSPS) is 23.8. The predicted molar refractivity (Wildman–Crippen MR) is 49.4 cm³/mol. The van der Waals surface area contributed by atoms with Crippen LogP contribution < -0.4 is 0 Å². The molecule has 0 heterocycles. The van der Waals surface area contributed by atoms with Crippen LogP contribution in [0.3, 0.4) is 0 Å².